The molecule has 9 heteroatoms. The van der Waals surface area contributed by atoms with E-state index in [1.165, 1.54) is 35.6 Å². The van der Waals surface area contributed by atoms with E-state index in [9.17, 15) is 22.8 Å². The van der Waals surface area contributed by atoms with Crippen LogP contribution >= 0.6 is 11.3 Å². The van der Waals surface area contributed by atoms with Crippen LogP contribution in [0, 0.1) is 6.92 Å². The van der Waals surface area contributed by atoms with Gasteiger partial charge in [0.1, 0.15) is 0 Å². The Morgan fingerprint density at radius 1 is 1.06 bits per heavy atom. The molecule has 1 amide bonds. The van der Waals surface area contributed by atoms with Crippen LogP contribution in [-0.2, 0) is 12.7 Å². The maximum atomic E-state index is 13.2. The van der Waals surface area contributed by atoms with Crippen molar-refractivity contribution in [2.24, 2.45) is 0 Å². The fourth-order valence-corrected chi connectivity index (χ4v) is 4.91. The van der Waals surface area contributed by atoms with Gasteiger partial charge in [-0.2, -0.15) is 13.2 Å². The van der Waals surface area contributed by atoms with Crippen LogP contribution in [0.2, 0.25) is 0 Å². The Labute approximate surface area is 197 Å². The predicted molar refractivity (Wildman–Crippen MR) is 124 cm³/mol. The number of alkyl halides is 3. The summed E-state index contributed by atoms with van der Waals surface area (Å²) in [5.41, 5.74) is 2.17. The molecule has 4 aromatic rings. The first-order chi connectivity index (χ1) is 16.0. The molecule has 2 heterocycles. The molecule has 4 rings (SSSR count). The quantitative estimate of drug-likeness (QED) is 0.338. The third-order valence-electron chi connectivity index (χ3n) is 5.64. The minimum absolute atomic E-state index is 0.166. The van der Waals surface area contributed by atoms with Crippen LogP contribution in [0.4, 0.5) is 13.2 Å². The van der Waals surface area contributed by atoms with E-state index in [0.29, 0.717) is 17.7 Å². The number of carboxylic acids is 1. The van der Waals surface area contributed by atoms with Gasteiger partial charge in [-0.15, -0.1) is 11.3 Å². The number of fused-ring (bicyclic) bond motifs is 1. The first kappa shape index (κ1) is 23.6. The smallest absolute Gasteiger partial charge is 0.416 e. The summed E-state index contributed by atoms with van der Waals surface area (Å²) in [6.07, 6.45) is -2.57. The minimum Gasteiger partial charge on any atom is -0.478 e. The lowest BCUT2D eigenvalue weighted by Gasteiger charge is -2.15. The maximum absolute atomic E-state index is 13.2. The van der Waals surface area contributed by atoms with Crippen LogP contribution in [0.5, 0.6) is 0 Å². The van der Waals surface area contributed by atoms with E-state index in [4.69, 9.17) is 5.11 Å². The van der Waals surface area contributed by atoms with Gasteiger partial charge in [0.05, 0.1) is 32.9 Å². The van der Waals surface area contributed by atoms with Crippen molar-refractivity contribution in [3.63, 3.8) is 0 Å². The maximum Gasteiger partial charge on any atom is 0.416 e. The molecule has 176 valence electrons. The number of rotatable bonds is 6. The van der Waals surface area contributed by atoms with Crippen molar-refractivity contribution < 1.29 is 27.9 Å². The summed E-state index contributed by atoms with van der Waals surface area (Å²) in [6, 6.07) is 12.8. The van der Waals surface area contributed by atoms with E-state index < -0.39 is 17.7 Å². The molecule has 0 saturated heterocycles. The number of nitrogens with zero attached hydrogens (tertiary/aromatic N) is 1. The standard InChI is InChI=1S/C25H21F3N2O3S/c1-14(17-5-7-18(8-6-17)24(32)33)29-23(31)21-15(2)34-20-11-12-30(22(20)21)13-16-3-9-19(10-4-16)25(26,27)28/h3-12,14H,13H2,1-2H3,(H,29,31)(H,32,33)/t14-/m0/s1. The molecule has 34 heavy (non-hydrogen) atoms. The molecule has 0 radical (unpaired) electrons. The molecule has 0 fully saturated rings. The normalized spacial score (nSPS) is 12.6. The Balaban J connectivity index is 1.58. The molecular weight excluding hydrogens is 465 g/mol. The highest BCUT2D eigenvalue weighted by Crippen LogP contribution is 2.33. The largest absolute Gasteiger partial charge is 0.478 e. The SMILES string of the molecule is Cc1sc2ccn(Cc3ccc(C(F)(F)F)cc3)c2c1C(=O)N[C@@H](C)c1ccc(C(=O)O)cc1. The number of halogens is 3. The topological polar surface area (TPSA) is 71.3 Å². The van der Waals surface area contributed by atoms with Gasteiger partial charge in [-0.05, 0) is 55.3 Å². The van der Waals surface area contributed by atoms with Gasteiger partial charge >= 0.3 is 12.1 Å². The fraction of sp³-hybridized carbons (Fsp3) is 0.200. The van der Waals surface area contributed by atoms with E-state index >= 15 is 0 Å². The van der Waals surface area contributed by atoms with Gasteiger partial charge in [0.2, 0.25) is 0 Å². The number of nitrogens with one attached hydrogen (secondary N) is 1. The predicted octanol–water partition coefficient (Wildman–Crippen LogP) is 6.27. The molecular formula is C25H21F3N2O3S. The second-order valence-electron chi connectivity index (χ2n) is 8.01. The summed E-state index contributed by atoms with van der Waals surface area (Å²) in [4.78, 5) is 25.1. The summed E-state index contributed by atoms with van der Waals surface area (Å²) in [5, 5.41) is 12.0. The fourth-order valence-electron chi connectivity index (χ4n) is 3.85. The number of aromatic nitrogens is 1. The van der Waals surface area contributed by atoms with Gasteiger partial charge < -0.3 is 15.0 Å². The molecule has 2 aromatic heterocycles. The average Bonchev–Trinajstić information content (AvgIpc) is 3.31. The number of benzene rings is 2. The van der Waals surface area contributed by atoms with Crippen LogP contribution in [0.1, 0.15) is 55.2 Å². The lowest BCUT2D eigenvalue weighted by Crippen LogP contribution is -2.27. The van der Waals surface area contributed by atoms with E-state index in [1.807, 2.05) is 30.7 Å². The van der Waals surface area contributed by atoms with E-state index in [2.05, 4.69) is 5.32 Å². The molecule has 0 aliphatic heterocycles. The first-order valence-corrected chi connectivity index (χ1v) is 11.2. The highest BCUT2D eigenvalue weighted by Gasteiger charge is 2.30. The van der Waals surface area contributed by atoms with Crippen molar-refractivity contribution in [2.45, 2.75) is 32.6 Å². The Morgan fingerprint density at radius 3 is 2.29 bits per heavy atom. The number of aromatic carboxylic acids is 1. The summed E-state index contributed by atoms with van der Waals surface area (Å²) in [7, 11) is 0. The first-order valence-electron chi connectivity index (χ1n) is 10.4. The molecule has 0 aliphatic rings. The summed E-state index contributed by atoms with van der Waals surface area (Å²) in [5.74, 6) is -1.29. The van der Waals surface area contributed by atoms with Gasteiger partial charge in [0, 0.05) is 17.6 Å². The van der Waals surface area contributed by atoms with Crippen LogP contribution in [-0.4, -0.2) is 21.6 Å². The minimum atomic E-state index is -4.39. The zero-order valence-electron chi connectivity index (χ0n) is 18.3. The Kier molecular flexibility index (Phi) is 6.22. The molecule has 0 aliphatic carbocycles. The molecule has 0 bridgehead atoms. The number of carbonyl (C=O) groups is 2. The van der Waals surface area contributed by atoms with Crippen molar-refractivity contribution in [3.05, 3.63) is 93.5 Å². The van der Waals surface area contributed by atoms with Gasteiger partial charge in [0.25, 0.3) is 5.91 Å². The number of aryl methyl sites for hydroxylation is 1. The lowest BCUT2D eigenvalue weighted by atomic mass is 10.1. The van der Waals surface area contributed by atoms with Gasteiger partial charge in [-0.1, -0.05) is 24.3 Å². The molecule has 2 aromatic carbocycles. The highest BCUT2D eigenvalue weighted by molar-refractivity contribution is 7.19. The van der Waals surface area contributed by atoms with Crippen molar-refractivity contribution in [3.8, 4) is 0 Å². The van der Waals surface area contributed by atoms with E-state index in [1.54, 1.807) is 12.1 Å². The number of carboxylic acid groups (broad SMARTS) is 1. The number of hydrogen-bond acceptors (Lipinski definition) is 3. The summed E-state index contributed by atoms with van der Waals surface area (Å²) >= 11 is 1.48. The van der Waals surface area contributed by atoms with Crippen molar-refractivity contribution in [2.75, 3.05) is 0 Å². The van der Waals surface area contributed by atoms with Crippen molar-refractivity contribution in [1.29, 1.82) is 0 Å². The van der Waals surface area contributed by atoms with Crippen LogP contribution in [0.25, 0.3) is 10.2 Å². The molecule has 5 nitrogen and oxygen atoms in total. The number of amides is 1. The summed E-state index contributed by atoms with van der Waals surface area (Å²) in [6.45, 7) is 3.99. The van der Waals surface area contributed by atoms with Crippen molar-refractivity contribution >= 4 is 33.4 Å². The van der Waals surface area contributed by atoms with Gasteiger partial charge in [0.15, 0.2) is 0 Å². The van der Waals surface area contributed by atoms with Crippen LogP contribution in [0.3, 0.4) is 0 Å². The average molecular weight is 487 g/mol. The Bertz CT molecular complexity index is 1350. The molecule has 0 unspecified atom stereocenters. The van der Waals surface area contributed by atoms with Gasteiger partial charge in [-0.3, -0.25) is 4.79 Å². The second-order valence-corrected chi connectivity index (χ2v) is 9.26. The number of thiophene rings is 1. The monoisotopic (exact) mass is 486 g/mol. The molecule has 0 spiro atoms. The summed E-state index contributed by atoms with van der Waals surface area (Å²) < 4.78 is 41.3. The third-order valence-corrected chi connectivity index (χ3v) is 6.70. The zero-order valence-corrected chi connectivity index (χ0v) is 19.1. The number of hydrogen-bond donors (Lipinski definition) is 2. The lowest BCUT2D eigenvalue weighted by molar-refractivity contribution is -0.137. The molecule has 2 N–H and O–H groups in total. The Hall–Kier alpha value is -3.59. The van der Waals surface area contributed by atoms with E-state index in [0.717, 1.165) is 32.8 Å². The van der Waals surface area contributed by atoms with Gasteiger partial charge in [-0.25, -0.2) is 4.79 Å². The number of carbonyl (C=O) groups excluding carboxylic acids is 1. The zero-order chi connectivity index (χ0) is 24.6. The van der Waals surface area contributed by atoms with Crippen LogP contribution in [0.15, 0.2) is 60.8 Å². The van der Waals surface area contributed by atoms with E-state index in [-0.39, 0.29) is 17.5 Å². The van der Waals surface area contributed by atoms with Crippen LogP contribution < -0.4 is 5.32 Å². The molecule has 1 atom stereocenters. The highest BCUT2D eigenvalue weighted by atomic mass is 32.1. The molecule has 0 saturated carbocycles. The second kappa shape index (κ2) is 8.98. The van der Waals surface area contributed by atoms with Crippen molar-refractivity contribution in [1.82, 2.24) is 9.88 Å². The Morgan fingerprint density at radius 2 is 1.71 bits per heavy atom. The third kappa shape index (κ3) is 4.70.